The molecule has 0 amide bonds. The second kappa shape index (κ2) is 7.30. The summed E-state index contributed by atoms with van der Waals surface area (Å²) in [7, 11) is -3.51. The van der Waals surface area contributed by atoms with Crippen molar-refractivity contribution in [2.24, 2.45) is 5.73 Å². The van der Waals surface area contributed by atoms with E-state index in [0.29, 0.717) is 19.5 Å². The molecular formula is C15H25N3O3S. The van der Waals surface area contributed by atoms with Crippen LogP contribution in [0.2, 0.25) is 0 Å². The Morgan fingerprint density at radius 3 is 2.91 bits per heavy atom. The van der Waals surface area contributed by atoms with Crippen LogP contribution in [0.5, 0.6) is 5.75 Å². The van der Waals surface area contributed by atoms with Crippen LogP contribution in [0.4, 0.5) is 5.69 Å². The highest BCUT2D eigenvalue weighted by atomic mass is 32.2. The Morgan fingerprint density at radius 2 is 2.23 bits per heavy atom. The number of nitrogens with zero attached hydrogens (tertiary/aromatic N) is 1. The maximum Gasteiger partial charge on any atom is 0.240 e. The number of sulfonamides is 1. The van der Waals surface area contributed by atoms with Gasteiger partial charge in [0, 0.05) is 13.1 Å². The van der Waals surface area contributed by atoms with Crippen LogP contribution in [0.1, 0.15) is 26.7 Å². The molecule has 0 bridgehead atoms. The van der Waals surface area contributed by atoms with Crippen molar-refractivity contribution in [3.63, 3.8) is 0 Å². The van der Waals surface area contributed by atoms with E-state index < -0.39 is 10.0 Å². The summed E-state index contributed by atoms with van der Waals surface area (Å²) >= 11 is 0. The van der Waals surface area contributed by atoms with Crippen molar-refractivity contribution in [2.75, 3.05) is 31.1 Å². The minimum absolute atomic E-state index is 0.101. The summed E-state index contributed by atoms with van der Waals surface area (Å²) in [5.74, 6) is 0.744. The SMILES string of the molecule is CCCN1CC(C)Oc2ccc(S(=O)(=O)NCCCN)cc21. The lowest BCUT2D eigenvalue weighted by Crippen LogP contribution is -2.39. The molecule has 124 valence electrons. The number of fused-ring (bicyclic) bond motifs is 1. The number of nitrogens with two attached hydrogens (primary N) is 1. The number of rotatable bonds is 7. The zero-order valence-corrected chi connectivity index (χ0v) is 14.0. The molecule has 0 saturated heterocycles. The van der Waals surface area contributed by atoms with E-state index in [4.69, 9.17) is 10.5 Å². The second-order valence-electron chi connectivity index (χ2n) is 5.54. The summed E-state index contributed by atoms with van der Waals surface area (Å²) in [6, 6.07) is 5.03. The van der Waals surface area contributed by atoms with Crippen LogP contribution in [0.3, 0.4) is 0 Å². The van der Waals surface area contributed by atoms with E-state index in [9.17, 15) is 8.42 Å². The number of anilines is 1. The highest BCUT2D eigenvalue weighted by molar-refractivity contribution is 7.89. The predicted octanol–water partition coefficient (Wildman–Crippen LogP) is 1.31. The number of nitrogens with one attached hydrogen (secondary N) is 1. The molecule has 1 aliphatic heterocycles. The van der Waals surface area contributed by atoms with Gasteiger partial charge in [-0.1, -0.05) is 6.92 Å². The Labute approximate surface area is 132 Å². The zero-order chi connectivity index (χ0) is 16.2. The van der Waals surface area contributed by atoms with Gasteiger partial charge in [0.25, 0.3) is 0 Å². The van der Waals surface area contributed by atoms with E-state index in [1.165, 1.54) is 0 Å². The van der Waals surface area contributed by atoms with E-state index in [2.05, 4.69) is 16.5 Å². The molecule has 1 aliphatic rings. The maximum atomic E-state index is 12.3. The van der Waals surface area contributed by atoms with Gasteiger partial charge in [0.1, 0.15) is 11.9 Å². The normalized spacial score (nSPS) is 18.0. The van der Waals surface area contributed by atoms with Gasteiger partial charge in [0.15, 0.2) is 0 Å². The van der Waals surface area contributed by atoms with Gasteiger partial charge < -0.3 is 15.4 Å². The molecule has 0 saturated carbocycles. The molecule has 1 heterocycles. The Balaban J connectivity index is 2.27. The Kier molecular flexibility index (Phi) is 5.66. The summed E-state index contributed by atoms with van der Waals surface area (Å²) < 4.78 is 33.0. The van der Waals surface area contributed by atoms with Crippen LogP contribution in [0.25, 0.3) is 0 Å². The highest BCUT2D eigenvalue weighted by Crippen LogP contribution is 2.35. The molecule has 0 fully saturated rings. The molecule has 3 N–H and O–H groups in total. The molecule has 22 heavy (non-hydrogen) atoms. The van der Waals surface area contributed by atoms with Crippen LogP contribution in [0, 0.1) is 0 Å². The number of hydrogen-bond donors (Lipinski definition) is 2. The van der Waals surface area contributed by atoms with Crippen molar-refractivity contribution in [1.82, 2.24) is 4.72 Å². The van der Waals surface area contributed by atoms with Crippen molar-refractivity contribution in [3.8, 4) is 5.75 Å². The first-order chi connectivity index (χ1) is 10.5. The van der Waals surface area contributed by atoms with Crippen LogP contribution in [-0.4, -0.2) is 40.7 Å². The van der Waals surface area contributed by atoms with E-state index in [0.717, 1.165) is 30.9 Å². The molecule has 0 aliphatic carbocycles. The van der Waals surface area contributed by atoms with Gasteiger partial charge in [-0.3, -0.25) is 0 Å². The van der Waals surface area contributed by atoms with Crippen LogP contribution < -0.4 is 20.1 Å². The Hall–Kier alpha value is -1.31. The lowest BCUT2D eigenvalue weighted by atomic mass is 10.2. The van der Waals surface area contributed by atoms with Gasteiger partial charge >= 0.3 is 0 Å². The number of benzene rings is 1. The van der Waals surface area contributed by atoms with Crippen molar-refractivity contribution in [2.45, 2.75) is 37.7 Å². The lowest BCUT2D eigenvalue weighted by Gasteiger charge is -2.35. The van der Waals surface area contributed by atoms with E-state index in [1.54, 1.807) is 18.2 Å². The topological polar surface area (TPSA) is 84.7 Å². The first-order valence-electron chi connectivity index (χ1n) is 7.73. The standard InChI is InChI=1S/C15H25N3O3S/c1-3-9-18-11-12(2)21-15-6-5-13(10-14(15)18)22(19,20)17-8-4-7-16/h5-6,10,12,17H,3-4,7-9,11,16H2,1-2H3. The van der Waals surface area contributed by atoms with Crippen molar-refractivity contribution >= 4 is 15.7 Å². The summed E-state index contributed by atoms with van der Waals surface area (Å²) in [5, 5.41) is 0. The van der Waals surface area contributed by atoms with Crippen LogP contribution >= 0.6 is 0 Å². The van der Waals surface area contributed by atoms with Crippen molar-refractivity contribution < 1.29 is 13.2 Å². The Morgan fingerprint density at radius 1 is 1.45 bits per heavy atom. The number of hydrogen-bond acceptors (Lipinski definition) is 5. The molecule has 2 rings (SSSR count). The average Bonchev–Trinajstić information content (AvgIpc) is 2.47. The highest BCUT2D eigenvalue weighted by Gasteiger charge is 2.25. The fourth-order valence-electron chi connectivity index (χ4n) is 2.55. The molecule has 1 aromatic rings. The molecule has 1 unspecified atom stereocenters. The van der Waals surface area contributed by atoms with Crippen molar-refractivity contribution in [3.05, 3.63) is 18.2 Å². The quantitative estimate of drug-likeness (QED) is 0.738. The molecule has 1 aromatic carbocycles. The number of ether oxygens (including phenoxy) is 1. The summed E-state index contributed by atoms with van der Waals surface area (Å²) in [6.07, 6.45) is 1.72. The molecule has 7 heteroatoms. The van der Waals surface area contributed by atoms with Crippen LogP contribution in [-0.2, 0) is 10.0 Å². The fourth-order valence-corrected chi connectivity index (χ4v) is 3.64. The van der Waals surface area contributed by atoms with E-state index in [1.807, 2.05) is 6.92 Å². The monoisotopic (exact) mass is 327 g/mol. The molecule has 1 atom stereocenters. The van der Waals surface area contributed by atoms with Gasteiger partial charge in [-0.05, 0) is 44.5 Å². The largest absolute Gasteiger partial charge is 0.487 e. The average molecular weight is 327 g/mol. The Bertz CT molecular complexity index is 604. The third kappa shape index (κ3) is 3.91. The molecule has 0 spiro atoms. The minimum Gasteiger partial charge on any atom is -0.487 e. The smallest absolute Gasteiger partial charge is 0.240 e. The zero-order valence-electron chi connectivity index (χ0n) is 13.2. The van der Waals surface area contributed by atoms with Crippen molar-refractivity contribution in [1.29, 1.82) is 0 Å². The first kappa shape index (κ1) is 17.1. The van der Waals surface area contributed by atoms with Crippen LogP contribution in [0.15, 0.2) is 23.1 Å². The summed E-state index contributed by atoms with van der Waals surface area (Å²) in [6.45, 7) is 6.58. The predicted molar refractivity (Wildman–Crippen MR) is 87.9 cm³/mol. The second-order valence-corrected chi connectivity index (χ2v) is 7.31. The molecule has 0 radical (unpaired) electrons. The third-order valence-electron chi connectivity index (χ3n) is 3.55. The third-order valence-corrected chi connectivity index (χ3v) is 5.01. The van der Waals surface area contributed by atoms with E-state index >= 15 is 0 Å². The molecular weight excluding hydrogens is 302 g/mol. The van der Waals surface area contributed by atoms with Gasteiger partial charge in [0.05, 0.1) is 17.1 Å². The molecule has 6 nitrogen and oxygen atoms in total. The fraction of sp³-hybridized carbons (Fsp3) is 0.600. The van der Waals surface area contributed by atoms with Gasteiger partial charge in [-0.25, -0.2) is 13.1 Å². The maximum absolute atomic E-state index is 12.3. The minimum atomic E-state index is -3.51. The summed E-state index contributed by atoms with van der Waals surface area (Å²) in [4.78, 5) is 2.45. The molecule has 0 aromatic heterocycles. The summed E-state index contributed by atoms with van der Waals surface area (Å²) in [5.41, 5.74) is 6.24. The van der Waals surface area contributed by atoms with Gasteiger partial charge in [-0.2, -0.15) is 0 Å². The van der Waals surface area contributed by atoms with Gasteiger partial charge in [-0.15, -0.1) is 0 Å². The first-order valence-corrected chi connectivity index (χ1v) is 9.21. The lowest BCUT2D eigenvalue weighted by molar-refractivity contribution is 0.212. The van der Waals surface area contributed by atoms with E-state index in [-0.39, 0.29) is 11.0 Å². The van der Waals surface area contributed by atoms with Gasteiger partial charge in [0.2, 0.25) is 10.0 Å².